The zero-order valence-electron chi connectivity index (χ0n) is 20.5. The van der Waals surface area contributed by atoms with E-state index in [9.17, 15) is 4.79 Å². The van der Waals surface area contributed by atoms with E-state index in [1.807, 2.05) is 96.8 Å². The second-order valence-electron chi connectivity index (χ2n) is 8.77. The highest BCUT2D eigenvalue weighted by molar-refractivity contribution is 5.68. The number of carboxylic acid groups (broad SMARTS) is 1. The van der Waals surface area contributed by atoms with Gasteiger partial charge in [0.25, 0.3) is 0 Å². The van der Waals surface area contributed by atoms with Crippen LogP contribution in [-0.4, -0.2) is 35.6 Å². The maximum absolute atomic E-state index is 11.1. The SMILES string of the molecule is Cc1nn(-c2ccccn2)cc1COc1ccc(Cn2cc(CCC(=O)O)c(-c3ccccc3)n2)cc1. The van der Waals surface area contributed by atoms with E-state index in [0.29, 0.717) is 19.6 Å². The molecule has 0 aliphatic rings. The molecule has 0 saturated carbocycles. The highest BCUT2D eigenvalue weighted by Gasteiger charge is 2.13. The fourth-order valence-electron chi connectivity index (χ4n) is 4.09. The van der Waals surface area contributed by atoms with Gasteiger partial charge in [-0.1, -0.05) is 48.5 Å². The van der Waals surface area contributed by atoms with Gasteiger partial charge in [-0.25, -0.2) is 9.67 Å². The molecule has 37 heavy (non-hydrogen) atoms. The highest BCUT2D eigenvalue weighted by Crippen LogP contribution is 2.24. The van der Waals surface area contributed by atoms with Gasteiger partial charge in [0.05, 0.1) is 17.9 Å². The summed E-state index contributed by atoms with van der Waals surface area (Å²) >= 11 is 0. The van der Waals surface area contributed by atoms with Gasteiger partial charge in [-0.2, -0.15) is 10.2 Å². The van der Waals surface area contributed by atoms with E-state index in [-0.39, 0.29) is 6.42 Å². The van der Waals surface area contributed by atoms with Gasteiger partial charge in [-0.05, 0) is 48.7 Å². The summed E-state index contributed by atoms with van der Waals surface area (Å²) in [6, 6.07) is 23.5. The van der Waals surface area contributed by atoms with Crippen molar-refractivity contribution in [3.8, 4) is 22.8 Å². The van der Waals surface area contributed by atoms with Crippen molar-refractivity contribution in [1.29, 1.82) is 0 Å². The van der Waals surface area contributed by atoms with E-state index in [1.54, 1.807) is 10.9 Å². The molecule has 0 unspecified atom stereocenters. The van der Waals surface area contributed by atoms with Gasteiger partial charge in [-0.3, -0.25) is 9.48 Å². The van der Waals surface area contributed by atoms with Gasteiger partial charge in [-0.15, -0.1) is 0 Å². The average Bonchev–Trinajstić information content (AvgIpc) is 3.51. The summed E-state index contributed by atoms with van der Waals surface area (Å²) < 4.78 is 9.64. The molecule has 5 aromatic rings. The van der Waals surface area contributed by atoms with Crippen molar-refractivity contribution >= 4 is 5.97 Å². The first kappa shape index (κ1) is 24.0. The van der Waals surface area contributed by atoms with E-state index in [2.05, 4.69) is 10.1 Å². The molecule has 8 nitrogen and oxygen atoms in total. The number of nitrogens with zero attached hydrogens (tertiary/aromatic N) is 5. The number of aromatic nitrogens is 5. The van der Waals surface area contributed by atoms with Crippen LogP contribution in [0.3, 0.4) is 0 Å². The molecule has 0 amide bonds. The summed E-state index contributed by atoms with van der Waals surface area (Å²) in [4.78, 5) is 15.5. The van der Waals surface area contributed by atoms with Gasteiger partial charge in [0.2, 0.25) is 0 Å². The zero-order chi connectivity index (χ0) is 25.6. The van der Waals surface area contributed by atoms with Crippen molar-refractivity contribution < 1.29 is 14.6 Å². The van der Waals surface area contributed by atoms with Gasteiger partial charge in [0.1, 0.15) is 12.4 Å². The third-order valence-corrected chi connectivity index (χ3v) is 6.04. The van der Waals surface area contributed by atoms with Crippen LogP contribution in [-0.2, 0) is 24.4 Å². The molecule has 0 aliphatic heterocycles. The van der Waals surface area contributed by atoms with Gasteiger partial charge in [0.15, 0.2) is 5.82 Å². The van der Waals surface area contributed by atoms with Crippen LogP contribution in [0.2, 0.25) is 0 Å². The Kier molecular flexibility index (Phi) is 7.07. The van der Waals surface area contributed by atoms with Crippen LogP contribution >= 0.6 is 0 Å². The average molecular weight is 494 g/mol. The van der Waals surface area contributed by atoms with E-state index < -0.39 is 5.97 Å². The molecule has 186 valence electrons. The monoisotopic (exact) mass is 493 g/mol. The molecular weight excluding hydrogens is 466 g/mol. The largest absolute Gasteiger partial charge is 0.489 e. The molecule has 0 radical (unpaired) electrons. The van der Waals surface area contributed by atoms with Crippen LogP contribution in [0.25, 0.3) is 17.1 Å². The number of carboxylic acids is 1. The Morgan fingerprint density at radius 1 is 0.919 bits per heavy atom. The molecule has 0 atom stereocenters. The first-order valence-electron chi connectivity index (χ1n) is 12.1. The molecule has 5 rings (SSSR count). The summed E-state index contributed by atoms with van der Waals surface area (Å²) in [5, 5.41) is 18.4. The lowest BCUT2D eigenvalue weighted by molar-refractivity contribution is -0.136. The van der Waals surface area contributed by atoms with Crippen LogP contribution in [0, 0.1) is 6.92 Å². The normalized spacial score (nSPS) is 10.9. The third kappa shape index (κ3) is 5.92. The minimum Gasteiger partial charge on any atom is -0.489 e. The number of ether oxygens (including phenoxy) is 1. The summed E-state index contributed by atoms with van der Waals surface area (Å²) in [5.74, 6) is 0.712. The van der Waals surface area contributed by atoms with Crippen molar-refractivity contribution in [3.05, 3.63) is 114 Å². The fourth-order valence-corrected chi connectivity index (χ4v) is 4.09. The lowest BCUT2D eigenvalue weighted by atomic mass is 10.0. The van der Waals surface area contributed by atoms with E-state index in [0.717, 1.165) is 45.2 Å². The van der Waals surface area contributed by atoms with Crippen LogP contribution in [0.1, 0.15) is 28.8 Å². The standard InChI is InChI=1S/C29H27N5O3/c1-21-25(19-34(31-21)27-9-5-6-16-30-27)20-37-26-13-10-22(11-14-26)17-33-18-24(12-15-28(35)36)29(32-33)23-7-3-2-4-8-23/h2-11,13-14,16,18-19H,12,15,17,20H2,1H3,(H,35,36). The molecule has 0 aliphatic carbocycles. The van der Waals surface area contributed by atoms with Crippen molar-refractivity contribution in [3.63, 3.8) is 0 Å². The fraction of sp³-hybridized carbons (Fsp3) is 0.172. The molecule has 1 N–H and O–H groups in total. The number of hydrogen-bond donors (Lipinski definition) is 1. The van der Waals surface area contributed by atoms with Gasteiger partial charge in [0, 0.05) is 36.1 Å². The minimum atomic E-state index is -0.818. The third-order valence-electron chi connectivity index (χ3n) is 6.04. The number of rotatable bonds is 10. The van der Waals surface area contributed by atoms with E-state index in [4.69, 9.17) is 14.9 Å². The first-order valence-corrected chi connectivity index (χ1v) is 12.1. The molecule has 2 aromatic carbocycles. The Morgan fingerprint density at radius 3 is 2.43 bits per heavy atom. The Bertz CT molecular complexity index is 1480. The number of aliphatic carboxylic acids is 1. The lowest BCUT2D eigenvalue weighted by Crippen LogP contribution is -2.01. The number of hydrogen-bond acceptors (Lipinski definition) is 5. The highest BCUT2D eigenvalue weighted by atomic mass is 16.5. The lowest BCUT2D eigenvalue weighted by Gasteiger charge is -2.07. The predicted octanol–water partition coefficient (Wildman–Crippen LogP) is 5.08. The van der Waals surface area contributed by atoms with Crippen molar-refractivity contribution in [2.75, 3.05) is 0 Å². The zero-order valence-corrected chi connectivity index (χ0v) is 20.5. The number of carbonyl (C=O) groups is 1. The number of benzene rings is 2. The van der Waals surface area contributed by atoms with Crippen LogP contribution in [0.5, 0.6) is 5.75 Å². The Morgan fingerprint density at radius 2 is 1.70 bits per heavy atom. The van der Waals surface area contributed by atoms with E-state index >= 15 is 0 Å². The van der Waals surface area contributed by atoms with Crippen LogP contribution in [0.4, 0.5) is 0 Å². The molecule has 0 fully saturated rings. The molecule has 3 aromatic heterocycles. The second-order valence-corrected chi connectivity index (χ2v) is 8.77. The molecule has 0 spiro atoms. The van der Waals surface area contributed by atoms with Crippen molar-refractivity contribution in [1.82, 2.24) is 24.5 Å². The smallest absolute Gasteiger partial charge is 0.303 e. The quantitative estimate of drug-likeness (QED) is 0.291. The molecular formula is C29H27N5O3. The molecule has 3 heterocycles. The van der Waals surface area contributed by atoms with Gasteiger partial charge >= 0.3 is 5.97 Å². The first-order chi connectivity index (χ1) is 18.0. The summed E-state index contributed by atoms with van der Waals surface area (Å²) in [6.45, 7) is 2.94. The van der Waals surface area contributed by atoms with Crippen molar-refractivity contribution in [2.24, 2.45) is 0 Å². The van der Waals surface area contributed by atoms with E-state index in [1.165, 1.54) is 0 Å². The maximum Gasteiger partial charge on any atom is 0.303 e. The Labute approximate surface area is 214 Å². The Balaban J connectivity index is 1.25. The van der Waals surface area contributed by atoms with Crippen LogP contribution < -0.4 is 4.74 Å². The molecule has 0 saturated heterocycles. The topological polar surface area (TPSA) is 95.1 Å². The second kappa shape index (κ2) is 10.9. The minimum absolute atomic E-state index is 0.0673. The summed E-state index contributed by atoms with van der Waals surface area (Å²) in [7, 11) is 0. The summed E-state index contributed by atoms with van der Waals surface area (Å²) in [6.07, 6.45) is 6.13. The van der Waals surface area contributed by atoms with Gasteiger partial charge < -0.3 is 9.84 Å². The predicted molar refractivity (Wildman–Crippen MR) is 140 cm³/mol. The molecule has 0 bridgehead atoms. The Hall–Kier alpha value is -4.72. The number of aryl methyl sites for hydroxylation is 2. The van der Waals surface area contributed by atoms with Crippen molar-refractivity contribution in [2.45, 2.75) is 32.9 Å². The summed E-state index contributed by atoms with van der Waals surface area (Å²) in [5.41, 5.74) is 5.69. The molecule has 8 heteroatoms. The van der Waals surface area contributed by atoms with Crippen LogP contribution in [0.15, 0.2) is 91.4 Å². The number of pyridine rings is 1. The maximum atomic E-state index is 11.1.